The zero-order valence-corrected chi connectivity index (χ0v) is 70.8. The Morgan fingerprint density at radius 2 is 0.466 bits per heavy atom. The van der Waals surface area contributed by atoms with Crippen LogP contribution in [0.25, 0.3) is 135 Å². The third-order valence-corrected chi connectivity index (χ3v) is 26.0. The highest BCUT2D eigenvalue weighted by molar-refractivity contribution is 6.13. The lowest BCUT2D eigenvalue weighted by molar-refractivity contribution is -0.118. The zero-order valence-electron chi connectivity index (χ0n) is 70.8. The number of benzene rings is 8. The molecule has 8 bridgehead atoms. The molecule has 5 heterocycles. The lowest BCUT2D eigenvalue weighted by atomic mass is 9.86. The summed E-state index contributed by atoms with van der Waals surface area (Å²) in [6.07, 6.45) is 11.3. The monoisotopic (exact) mass is 1530 g/mol. The molecule has 11 aromatic rings. The van der Waals surface area contributed by atoms with Crippen molar-refractivity contribution in [2.75, 3.05) is 21.3 Å². The van der Waals surface area contributed by atoms with Gasteiger partial charge in [0.1, 0.15) is 0 Å². The maximum Gasteiger partial charge on any atom is 0.228 e. The quantitative estimate of drug-likeness (QED) is 0.0562. The van der Waals surface area contributed by atoms with E-state index in [0.717, 1.165) is 148 Å². The van der Waals surface area contributed by atoms with E-state index in [1.165, 1.54) is 22.3 Å². The molecule has 6 N–H and O–H groups in total. The topological polar surface area (TPSA) is 174 Å². The van der Waals surface area contributed by atoms with Crippen LogP contribution in [0.5, 0.6) is 0 Å². The maximum atomic E-state index is 15.0. The van der Waals surface area contributed by atoms with E-state index >= 15 is 0 Å². The highest BCUT2D eigenvalue weighted by atomic mass is 16.2. The van der Waals surface area contributed by atoms with Gasteiger partial charge in [0.05, 0.1) is 45.5 Å². The number of carbonyl (C=O) groups excluding carboxylic acids is 4. The van der Waals surface area contributed by atoms with Gasteiger partial charge >= 0.3 is 0 Å². The molecule has 4 aliphatic carbocycles. The molecule has 116 heavy (non-hydrogen) atoms. The number of hydrogen-bond acceptors (Lipinski definition) is 6. The van der Waals surface area contributed by atoms with E-state index in [1.54, 1.807) is 0 Å². The molecule has 8 aromatic carbocycles. The van der Waals surface area contributed by atoms with Crippen LogP contribution >= 0.6 is 0 Å². The van der Waals surface area contributed by atoms with Crippen LogP contribution in [0.1, 0.15) is 171 Å². The molecule has 6 aliphatic rings. The van der Waals surface area contributed by atoms with Gasteiger partial charge in [-0.2, -0.15) is 0 Å². The van der Waals surface area contributed by atoms with E-state index < -0.39 is 0 Å². The van der Waals surface area contributed by atoms with Gasteiger partial charge in [0.15, 0.2) is 0 Å². The minimum atomic E-state index is -0.229. The van der Waals surface area contributed by atoms with Gasteiger partial charge in [-0.25, -0.2) is 9.97 Å². The van der Waals surface area contributed by atoms with Gasteiger partial charge in [0.25, 0.3) is 0 Å². The molecule has 0 saturated heterocycles. The van der Waals surface area contributed by atoms with Crippen molar-refractivity contribution in [3.63, 3.8) is 0 Å². The molecular weight excluding hydrogens is 1430 g/mol. The second-order valence-corrected chi connectivity index (χ2v) is 37.6. The number of anilines is 4. The lowest BCUT2D eigenvalue weighted by Crippen LogP contribution is -2.19. The number of carbonyl (C=O) groups is 4. The summed E-state index contributed by atoms with van der Waals surface area (Å²) in [7, 11) is 0. The van der Waals surface area contributed by atoms with E-state index in [1.807, 2.05) is 36.4 Å². The van der Waals surface area contributed by atoms with Crippen LogP contribution in [0.15, 0.2) is 146 Å². The van der Waals surface area contributed by atoms with Crippen LogP contribution in [0.2, 0.25) is 0 Å². The first kappa shape index (κ1) is 76.8. The van der Waals surface area contributed by atoms with Crippen molar-refractivity contribution < 1.29 is 19.2 Å². The highest BCUT2D eigenvalue weighted by Gasteiger charge is 2.54. The Hall–Kier alpha value is -11.8. The summed E-state index contributed by atoms with van der Waals surface area (Å²) in [6.45, 7) is 43.3. The zero-order chi connectivity index (χ0) is 82.0. The van der Waals surface area contributed by atoms with Crippen molar-refractivity contribution in [1.82, 2.24) is 19.9 Å². The summed E-state index contributed by atoms with van der Waals surface area (Å²) in [4.78, 5) is 80.2. The molecule has 4 amide bonds. The fraction of sp³-hybridized carbons (Fsp3) is 0.308. The Balaban J connectivity index is 1.05. The van der Waals surface area contributed by atoms with Crippen molar-refractivity contribution in [3.8, 4) is 89.0 Å². The van der Waals surface area contributed by atoms with E-state index in [4.69, 9.17) is 9.97 Å². The predicted octanol–water partition coefficient (Wildman–Crippen LogP) is 25.6. The molecule has 0 spiro atoms. The maximum absolute atomic E-state index is 15.0. The molecule has 12 heteroatoms. The Morgan fingerprint density at radius 1 is 0.276 bits per heavy atom. The molecule has 12 nitrogen and oxygen atoms in total. The Bertz CT molecular complexity index is 5640. The van der Waals surface area contributed by atoms with Gasteiger partial charge in [-0.15, -0.1) is 0 Å². The molecule has 4 fully saturated rings. The summed E-state index contributed by atoms with van der Waals surface area (Å²) >= 11 is 0. The molecular formula is C104H106N8O4. The molecule has 3 aromatic heterocycles. The molecule has 4 saturated carbocycles. The molecule has 17 rings (SSSR count). The smallest absolute Gasteiger partial charge is 0.228 e. The largest absolute Gasteiger partial charge is 0.354 e. The number of aromatic nitrogens is 4. The van der Waals surface area contributed by atoms with E-state index in [-0.39, 0.29) is 69.0 Å². The summed E-state index contributed by atoms with van der Waals surface area (Å²) in [6, 6.07) is 52.1. The van der Waals surface area contributed by atoms with Crippen LogP contribution < -0.4 is 21.3 Å². The van der Waals surface area contributed by atoms with Gasteiger partial charge in [-0.05, 0) is 340 Å². The average molecular weight is 1530 g/mol. The van der Waals surface area contributed by atoms with Crippen molar-refractivity contribution in [3.05, 3.63) is 235 Å². The van der Waals surface area contributed by atoms with Gasteiger partial charge in [-0.1, -0.05) is 138 Å². The third kappa shape index (κ3) is 14.1. The molecule has 0 radical (unpaired) electrons. The minimum absolute atomic E-state index is 0.0935. The van der Waals surface area contributed by atoms with Crippen LogP contribution in [0, 0.1) is 128 Å². The minimum Gasteiger partial charge on any atom is -0.354 e. The SMILES string of the molecule is Cc1cc(C)c(-c2cc(-c3c(C)cc(C)cc3C)cc(-c3c4nc(c(-c5c(NC(=O)[C@H]6CC6(C)C)cccc5NC(=O)[C@H]5CC5(C)C)c5ccc([nH]5)c(-c5cc(-c6c(C)cc(C)cc6C)cc(-c6c(C)cc(C)cc6C)c5)c5nc(c(-c6c(NC(=O)[C@H]7CC7(C)C)cccc6NC(=O)[C@H]6CC6(C)C)c6ccc3[nH]6)C=C5)C=C4)c2)c(C)c1. The fourth-order valence-corrected chi connectivity index (χ4v) is 19.6. The highest BCUT2D eigenvalue weighted by Crippen LogP contribution is 2.57. The summed E-state index contributed by atoms with van der Waals surface area (Å²) < 4.78 is 0. The van der Waals surface area contributed by atoms with Crippen LogP contribution in [0.4, 0.5) is 22.7 Å². The molecule has 586 valence electrons. The van der Waals surface area contributed by atoms with Crippen LogP contribution in [-0.4, -0.2) is 43.6 Å². The number of rotatable bonds is 16. The first-order chi connectivity index (χ1) is 55.0. The van der Waals surface area contributed by atoms with Gasteiger partial charge in [0, 0.05) is 79.1 Å². The van der Waals surface area contributed by atoms with E-state index in [0.29, 0.717) is 78.8 Å². The molecule has 4 atom stereocenters. The van der Waals surface area contributed by atoms with E-state index in [9.17, 15) is 19.2 Å². The summed E-state index contributed by atoms with van der Waals surface area (Å²) in [5.74, 6) is -1.29. The van der Waals surface area contributed by atoms with Crippen molar-refractivity contribution in [1.29, 1.82) is 0 Å². The Morgan fingerprint density at radius 3 is 0.672 bits per heavy atom. The van der Waals surface area contributed by atoms with Crippen molar-refractivity contribution in [2.24, 2.45) is 45.3 Å². The molecule has 2 aliphatic heterocycles. The van der Waals surface area contributed by atoms with E-state index in [2.05, 4.69) is 303 Å². The third-order valence-electron chi connectivity index (χ3n) is 26.0. The number of amides is 4. The van der Waals surface area contributed by atoms with Gasteiger partial charge in [-0.3, -0.25) is 19.2 Å². The van der Waals surface area contributed by atoms with Crippen LogP contribution in [0.3, 0.4) is 0 Å². The number of hydrogen-bond donors (Lipinski definition) is 6. The Labute approximate surface area is 682 Å². The summed E-state index contributed by atoms with van der Waals surface area (Å²) in [5.41, 5.74) is 35.2. The molecule has 0 unspecified atom stereocenters. The number of nitrogens with one attached hydrogen (secondary N) is 6. The number of aryl methyl sites for hydroxylation is 12. The summed E-state index contributed by atoms with van der Waals surface area (Å²) in [5, 5.41) is 13.9. The second-order valence-electron chi connectivity index (χ2n) is 37.6. The lowest BCUT2D eigenvalue weighted by Gasteiger charge is -2.19. The normalized spacial score (nSPS) is 18.0. The number of aromatic amines is 2. The van der Waals surface area contributed by atoms with Crippen molar-refractivity contribution in [2.45, 2.75) is 164 Å². The number of H-pyrrole nitrogens is 2. The predicted molar refractivity (Wildman–Crippen MR) is 481 cm³/mol. The van der Waals surface area contributed by atoms with Crippen molar-refractivity contribution >= 4 is 92.7 Å². The second kappa shape index (κ2) is 28.0. The number of nitrogens with zero attached hydrogens (tertiary/aromatic N) is 2. The van der Waals surface area contributed by atoms with Gasteiger partial charge < -0.3 is 31.2 Å². The first-order valence-corrected chi connectivity index (χ1v) is 41.3. The fourth-order valence-electron chi connectivity index (χ4n) is 19.6. The first-order valence-electron chi connectivity index (χ1n) is 41.3. The Kier molecular flexibility index (Phi) is 18.6. The van der Waals surface area contributed by atoms with Crippen LogP contribution in [-0.2, 0) is 19.2 Å². The van der Waals surface area contributed by atoms with Gasteiger partial charge in [0.2, 0.25) is 23.6 Å². The average Bonchev–Trinajstić information content (AvgIpc) is 1.54. The standard InChI is InChI=1S/C104H106N8O4/c1-53-35-57(5)87(58(6)36-53)65-43-66(88-59(7)37-54(2)38-60(88)8)46-69(45-65)91-79-27-31-83(105-79)95(93-75(109-97(113)71-49-101(71,13)14)23-21-24-76(93)110-98(114)72-50-102(72,15)16)85-33-29-81(107-85)92(70-47-67(89-61(9)39-55(3)40-62(89)10)44-68(48-70)90-63(11)41-56(4)42-64(90)12)82-30-34-86(108-82)96(84-32-28-80(91)106-84)94-77(111-99(115)73-51-103(73,17)18)25-22-26-78(94)112-100(116)74-52-104(74,19)20/h21-48,71-74,105,108H,49-52H2,1-20H3,(H,109,113)(H,110,114)(H,111,115)(H,112,116)/t71-,72-,73-,74-/m1/s1. The number of fused-ring (bicyclic) bond motifs is 8.